The second-order valence-electron chi connectivity index (χ2n) is 4.99. The molecule has 23 heavy (non-hydrogen) atoms. The lowest BCUT2D eigenvalue weighted by Crippen LogP contribution is -2.52. The average molecular weight is 363 g/mol. The van der Waals surface area contributed by atoms with Gasteiger partial charge in [0, 0.05) is 0 Å². The highest BCUT2D eigenvalue weighted by atomic mass is 32.2. The Balaban J connectivity index is 0.00000232. The van der Waals surface area contributed by atoms with Crippen molar-refractivity contribution in [3.8, 4) is 0 Å². The number of rotatable bonds is 3. The highest BCUT2D eigenvalue weighted by molar-refractivity contribution is 7.83. The zero-order valence-corrected chi connectivity index (χ0v) is 14.1. The van der Waals surface area contributed by atoms with Gasteiger partial charge in [-0.2, -0.15) is 26.3 Å². The monoisotopic (exact) mass is 363 g/mol. The molecule has 0 saturated carbocycles. The van der Waals surface area contributed by atoms with Crippen molar-refractivity contribution >= 4 is 11.0 Å². The molecule has 1 aromatic rings. The number of hydrogen-bond donors (Lipinski definition) is 1. The quantitative estimate of drug-likeness (QED) is 0.753. The number of nitrogens with one attached hydrogen (secondary N) is 1. The maximum atomic E-state index is 12.9. The molecule has 0 amide bonds. The fourth-order valence-corrected chi connectivity index (χ4v) is 2.63. The van der Waals surface area contributed by atoms with E-state index in [4.69, 9.17) is 0 Å². The van der Waals surface area contributed by atoms with Crippen LogP contribution in [0.3, 0.4) is 0 Å². The minimum absolute atomic E-state index is 0.262. The molecule has 0 fully saturated rings. The van der Waals surface area contributed by atoms with Crippen LogP contribution in [0, 0.1) is 6.92 Å². The van der Waals surface area contributed by atoms with Gasteiger partial charge in [0.25, 0.3) is 0 Å². The Hall–Kier alpha value is -1.09. The Bertz CT molecular complexity index is 551. The van der Waals surface area contributed by atoms with Crippen LogP contribution in [0.5, 0.6) is 0 Å². The van der Waals surface area contributed by atoms with Crippen LogP contribution in [0.4, 0.5) is 26.3 Å². The Morgan fingerprint density at radius 1 is 1.00 bits per heavy atom. The van der Waals surface area contributed by atoms with Crippen LogP contribution in [0.1, 0.15) is 38.8 Å². The number of halogens is 6. The maximum Gasteiger partial charge on any atom is 0.417 e. The van der Waals surface area contributed by atoms with Crippen molar-refractivity contribution in [1.82, 2.24) is 4.72 Å². The van der Waals surface area contributed by atoms with Crippen LogP contribution in [-0.2, 0) is 17.2 Å². The second kappa shape index (κ2) is 7.65. The fraction of sp³-hybridized carbons (Fsp3) is 0.571. The van der Waals surface area contributed by atoms with E-state index in [9.17, 15) is 30.6 Å². The van der Waals surface area contributed by atoms with Crippen LogP contribution >= 0.6 is 0 Å². The summed E-state index contributed by atoms with van der Waals surface area (Å²) in [6.07, 6.45) is -9.56. The smallest absolute Gasteiger partial charge is 0.237 e. The summed E-state index contributed by atoms with van der Waals surface area (Å²) < 4.78 is 90.3. The van der Waals surface area contributed by atoms with Gasteiger partial charge < -0.3 is 0 Å². The second-order valence-corrected chi connectivity index (χ2v) is 6.17. The van der Waals surface area contributed by atoms with E-state index in [-0.39, 0.29) is 5.56 Å². The number of hydrogen-bond acceptors (Lipinski definition) is 1. The van der Waals surface area contributed by atoms with Gasteiger partial charge in [-0.1, -0.05) is 25.5 Å². The van der Waals surface area contributed by atoms with Crippen molar-refractivity contribution < 1.29 is 30.6 Å². The van der Waals surface area contributed by atoms with E-state index in [1.807, 2.05) is 13.8 Å². The predicted octanol–water partition coefficient (Wildman–Crippen LogP) is 4.99. The van der Waals surface area contributed by atoms with E-state index >= 15 is 0 Å². The molecular formula is C14H19F6NOS. The first-order valence-corrected chi connectivity index (χ1v) is 7.85. The summed E-state index contributed by atoms with van der Waals surface area (Å²) in [5, 5.41) is 0. The number of alkyl halides is 6. The van der Waals surface area contributed by atoms with E-state index in [2.05, 4.69) is 0 Å². The van der Waals surface area contributed by atoms with E-state index in [0.29, 0.717) is 13.8 Å². The molecular weight excluding hydrogens is 344 g/mol. The van der Waals surface area contributed by atoms with Crippen molar-refractivity contribution in [2.45, 2.75) is 57.4 Å². The summed E-state index contributed by atoms with van der Waals surface area (Å²) in [7, 11) is -2.66. The van der Waals surface area contributed by atoms with Gasteiger partial charge >= 0.3 is 12.4 Å². The number of aryl methyl sites for hydroxylation is 1. The maximum absolute atomic E-state index is 12.9. The molecule has 0 aliphatic rings. The Labute approximate surface area is 133 Å². The molecule has 0 radical (unpaired) electrons. The van der Waals surface area contributed by atoms with E-state index < -0.39 is 39.3 Å². The summed E-state index contributed by atoms with van der Waals surface area (Å²) >= 11 is 0. The SMILES string of the molecule is CC.Cc1ccc(S(=O)NC(C)(C)C(F)(F)F)c(C(F)(F)F)c1. The summed E-state index contributed by atoms with van der Waals surface area (Å²) in [5.41, 5.74) is -3.55. The van der Waals surface area contributed by atoms with E-state index in [0.717, 1.165) is 12.1 Å². The highest BCUT2D eigenvalue weighted by Gasteiger charge is 2.49. The molecule has 0 bridgehead atoms. The Morgan fingerprint density at radius 3 is 1.87 bits per heavy atom. The molecule has 1 atom stereocenters. The molecule has 1 aromatic carbocycles. The predicted molar refractivity (Wildman–Crippen MR) is 77.2 cm³/mol. The van der Waals surface area contributed by atoms with Crippen molar-refractivity contribution in [2.75, 3.05) is 0 Å². The molecule has 0 spiro atoms. The zero-order chi connectivity index (χ0) is 18.6. The molecule has 2 nitrogen and oxygen atoms in total. The lowest BCUT2D eigenvalue weighted by molar-refractivity contribution is -0.179. The molecule has 134 valence electrons. The van der Waals surface area contributed by atoms with Gasteiger partial charge in [0.1, 0.15) is 16.5 Å². The fourth-order valence-electron chi connectivity index (χ4n) is 1.37. The van der Waals surface area contributed by atoms with Gasteiger partial charge in [-0.3, -0.25) is 0 Å². The van der Waals surface area contributed by atoms with Gasteiger partial charge in [0.2, 0.25) is 0 Å². The molecule has 0 aromatic heterocycles. The minimum Gasteiger partial charge on any atom is -0.237 e. The van der Waals surface area contributed by atoms with Crippen LogP contribution in [0.25, 0.3) is 0 Å². The van der Waals surface area contributed by atoms with Crippen LogP contribution in [0.15, 0.2) is 23.1 Å². The van der Waals surface area contributed by atoms with Crippen molar-refractivity contribution in [3.05, 3.63) is 29.3 Å². The lowest BCUT2D eigenvalue weighted by atomic mass is 10.1. The van der Waals surface area contributed by atoms with Gasteiger partial charge in [-0.15, -0.1) is 0 Å². The van der Waals surface area contributed by atoms with Gasteiger partial charge in [0.05, 0.1) is 10.5 Å². The molecule has 0 aliphatic carbocycles. The van der Waals surface area contributed by atoms with Gasteiger partial charge in [-0.25, -0.2) is 8.93 Å². The third kappa shape index (κ3) is 5.80. The van der Waals surface area contributed by atoms with E-state index in [1.165, 1.54) is 13.0 Å². The van der Waals surface area contributed by atoms with E-state index in [1.54, 1.807) is 4.72 Å². The molecule has 1 rings (SSSR count). The topological polar surface area (TPSA) is 29.1 Å². The molecule has 1 N–H and O–H groups in total. The van der Waals surface area contributed by atoms with Crippen LogP contribution in [-0.4, -0.2) is 15.9 Å². The Morgan fingerprint density at radius 2 is 1.48 bits per heavy atom. The normalized spacial score (nSPS) is 14.0. The highest BCUT2D eigenvalue weighted by Crippen LogP contribution is 2.35. The zero-order valence-electron chi connectivity index (χ0n) is 13.3. The summed E-state index contributed by atoms with van der Waals surface area (Å²) in [6, 6.07) is 2.91. The molecule has 0 aliphatic heterocycles. The largest absolute Gasteiger partial charge is 0.417 e. The lowest BCUT2D eigenvalue weighted by Gasteiger charge is -2.28. The molecule has 0 saturated heterocycles. The van der Waals surface area contributed by atoms with Crippen LogP contribution < -0.4 is 4.72 Å². The summed E-state index contributed by atoms with van der Waals surface area (Å²) in [4.78, 5) is -0.731. The first-order chi connectivity index (χ1) is 10.3. The molecule has 0 heterocycles. The first kappa shape index (κ1) is 21.9. The first-order valence-electron chi connectivity index (χ1n) is 6.70. The minimum atomic E-state index is -4.80. The standard InChI is InChI=1S/C12H13F6NOS.C2H6/c1-7-4-5-9(8(6-7)11(13,14)15)21(20)19-10(2,3)12(16,17)18;1-2/h4-6,19H,1-3H3;1-2H3. The summed E-state index contributed by atoms with van der Waals surface area (Å²) in [6.45, 7) is 6.80. The molecule has 9 heteroatoms. The van der Waals surface area contributed by atoms with Crippen LogP contribution in [0.2, 0.25) is 0 Å². The van der Waals surface area contributed by atoms with Crippen molar-refractivity contribution in [2.24, 2.45) is 0 Å². The third-order valence-electron chi connectivity index (χ3n) is 2.70. The van der Waals surface area contributed by atoms with Crippen molar-refractivity contribution in [1.29, 1.82) is 0 Å². The average Bonchev–Trinajstić information content (AvgIpc) is 2.38. The van der Waals surface area contributed by atoms with Crippen molar-refractivity contribution in [3.63, 3.8) is 0 Å². The van der Waals surface area contributed by atoms with Gasteiger partial charge in [0.15, 0.2) is 0 Å². The molecule has 1 unspecified atom stereocenters. The Kier molecular flexibility index (Phi) is 7.29. The summed E-state index contributed by atoms with van der Waals surface area (Å²) in [5.74, 6) is 0. The number of benzene rings is 1. The third-order valence-corrected chi connectivity index (χ3v) is 4.15. The van der Waals surface area contributed by atoms with Gasteiger partial charge in [-0.05, 0) is 32.9 Å².